The summed E-state index contributed by atoms with van der Waals surface area (Å²) < 4.78 is 5.46. The van der Waals surface area contributed by atoms with Gasteiger partial charge in [-0.1, -0.05) is 0 Å². The van der Waals surface area contributed by atoms with Gasteiger partial charge in [0.2, 0.25) is 0 Å². The van der Waals surface area contributed by atoms with Gasteiger partial charge in [0.15, 0.2) is 0 Å². The largest absolute Gasteiger partial charge is 0.481 e. The third kappa shape index (κ3) is 2.44. The average molecular weight is 186 g/mol. The molecule has 0 radical (unpaired) electrons. The standard InChI is InChI=1S/C10H18O3/c1-3-13-8-4-6-10(2,7-5-8)9(11)12/h8H,3-7H2,1-2H3,(H,11,12). The molecular formula is C10H18O3. The van der Waals surface area contributed by atoms with Gasteiger partial charge >= 0.3 is 5.97 Å². The number of hydrogen-bond acceptors (Lipinski definition) is 2. The molecule has 0 bridgehead atoms. The molecule has 3 nitrogen and oxygen atoms in total. The Morgan fingerprint density at radius 2 is 2.08 bits per heavy atom. The Kier molecular flexibility index (Phi) is 3.31. The van der Waals surface area contributed by atoms with E-state index in [1.807, 2.05) is 13.8 Å². The van der Waals surface area contributed by atoms with Gasteiger partial charge in [-0.05, 0) is 39.5 Å². The van der Waals surface area contributed by atoms with E-state index in [1.165, 1.54) is 0 Å². The SMILES string of the molecule is CCOC1CCC(C)(C(=O)O)CC1. The minimum absolute atomic E-state index is 0.289. The summed E-state index contributed by atoms with van der Waals surface area (Å²) in [4.78, 5) is 10.9. The van der Waals surface area contributed by atoms with Crippen LogP contribution in [0.1, 0.15) is 39.5 Å². The molecule has 1 saturated carbocycles. The molecule has 0 atom stereocenters. The van der Waals surface area contributed by atoms with Crippen LogP contribution in [0.3, 0.4) is 0 Å². The second kappa shape index (κ2) is 4.09. The van der Waals surface area contributed by atoms with Gasteiger partial charge in [-0.15, -0.1) is 0 Å². The Morgan fingerprint density at radius 1 is 1.54 bits per heavy atom. The molecular weight excluding hydrogens is 168 g/mol. The van der Waals surface area contributed by atoms with E-state index in [2.05, 4.69) is 0 Å². The minimum atomic E-state index is -0.664. The topological polar surface area (TPSA) is 46.5 Å². The predicted octanol–water partition coefficient (Wildman–Crippen LogP) is 2.06. The molecule has 0 saturated heterocycles. The van der Waals surface area contributed by atoms with Gasteiger partial charge in [-0.3, -0.25) is 4.79 Å². The second-order valence-corrected chi connectivity index (χ2v) is 4.02. The number of ether oxygens (including phenoxy) is 1. The van der Waals surface area contributed by atoms with Crippen molar-refractivity contribution in [1.29, 1.82) is 0 Å². The second-order valence-electron chi connectivity index (χ2n) is 4.02. The molecule has 0 aromatic carbocycles. The summed E-state index contributed by atoms with van der Waals surface area (Å²) in [7, 11) is 0. The zero-order valence-corrected chi connectivity index (χ0v) is 8.38. The van der Waals surface area contributed by atoms with E-state index in [4.69, 9.17) is 9.84 Å². The van der Waals surface area contributed by atoms with Crippen LogP contribution in [0.2, 0.25) is 0 Å². The molecule has 1 aliphatic carbocycles. The summed E-state index contributed by atoms with van der Waals surface area (Å²) in [6, 6.07) is 0. The van der Waals surface area contributed by atoms with Gasteiger partial charge in [0.05, 0.1) is 11.5 Å². The monoisotopic (exact) mass is 186 g/mol. The van der Waals surface area contributed by atoms with E-state index in [0.29, 0.717) is 0 Å². The molecule has 1 aliphatic rings. The summed E-state index contributed by atoms with van der Waals surface area (Å²) in [6.45, 7) is 4.54. The lowest BCUT2D eigenvalue weighted by Gasteiger charge is -2.33. The molecule has 0 unspecified atom stereocenters. The summed E-state index contributed by atoms with van der Waals surface area (Å²) in [5.74, 6) is -0.664. The Morgan fingerprint density at radius 3 is 2.46 bits per heavy atom. The lowest BCUT2D eigenvalue weighted by molar-refractivity contribution is -0.151. The highest BCUT2D eigenvalue weighted by Crippen LogP contribution is 2.36. The highest BCUT2D eigenvalue weighted by atomic mass is 16.5. The summed E-state index contributed by atoms with van der Waals surface area (Å²) in [5, 5.41) is 8.97. The normalized spacial score (nSPS) is 34.5. The van der Waals surface area contributed by atoms with Crippen molar-refractivity contribution >= 4 is 5.97 Å². The fourth-order valence-corrected chi connectivity index (χ4v) is 1.84. The lowest BCUT2D eigenvalue weighted by atomic mass is 9.75. The summed E-state index contributed by atoms with van der Waals surface area (Å²) in [6.07, 6.45) is 3.55. The fourth-order valence-electron chi connectivity index (χ4n) is 1.84. The van der Waals surface area contributed by atoms with E-state index >= 15 is 0 Å². The van der Waals surface area contributed by atoms with Crippen molar-refractivity contribution in [2.24, 2.45) is 5.41 Å². The summed E-state index contributed by atoms with van der Waals surface area (Å²) in [5.41, 5.74) is -0.506. The number of carboxylic acids is 1. The molecule has 0 aromatic rings. The molecule has 0 amide bonds. The molecule has 0 aliphatic heterocycles. The van der Waals surface area contributed by atoms with Crippen LogP contribution in [0.15, 0.2) is 0 Å². The first-order chi connectivity index (χ1) is 6.08. The Labute approximate surface area is 79.1 Å². The maximum Gasteiger partial charge on any atom is 0.309 e. The van der Waals surface area contributed by atoms with Crippen LogP contribution in [0.25, 0.3) is 0 Å². The van der Waals surface area contributed by atoms with Crippen molar-refractivity contribution < 1.29 is 14.6 Å². The quantitative estimate of drug-likeness (QED) is 0.733. The first-order valence-corrected chi connectivity index (χ1v) is 4.93. The zero-order chi connectivity index (χ0) is 9.90. The van der Waals surface area contributed by atoms with Crippen LogP contribution >= 0.6 is 0 Å². The summed E-state index contributed by atoms with van der Waals surface area (Å²) >= 11 is 0. The first-order valence-electron chi connectivity index (χ1n) is 4.93. The van der Waals surface area contributed by atoms with Crippen molar-refractivity contribution in [1.82, 2.24) is 0 Å². The number of carboxylic acid groups (broad SMARTS) is 1. The molecule has 1 fully saturated rings. The fraction of sp³-hybridized carbons (Fsp3) is 0.900. The maximum absolute atomic E-state index is 10.9. The number of aliphatic carboxylic acids is 1. The average Bonchev–Trinajstić information content (AvgIpc) is 2.09. The van der Waals surface area contributed by atoms with Gasteiger partial charge in [0, 0.05) is 6.61 Å². The third-order valence-corrected chi connectivity index (χ3v) is 2.95. The van der Waals surface area contributed by atoms with Crippen LogP contribution in [0, 0.1) is 5.41 Å². The molecule has 13 heavy (non-hydrogen) atoms. The smallest absolute Gasteiger partial charge is 0.309 e. The first kappa shape index (κ1) is 10.5. The van der Waals surface area contributed by atoms with E-state index in [9.17, 15) is 4.79 Å². The van der Waals surface area contributed by atoms with E-state index in [-0.39, 0.29) is 6.10 Å². The van der Waals surface area contributed by atoms with Crippen LogP contribution in [-0.2, 0) is 9.53 Å². The lowest BCUT2D eigenvalue weighted by Crippen LogP contribution is -2.34. The zero-order valence-electron chi connectivity index (χ0n) is 8.38. The maximum atomic E-state index is 10.9. The van der Waals surface area contributed by atoms with Crippen LogP contribution in [0.4, 0.5) is 0 Å². The number of rotatable bonds is 3. The highest BCUT2D eigenvalue weighted by Gasteiger charge is 2.37. The van der Waals surface area contributed by atoms with Crippen molar-refractivity contribution in [3.8, 4) is 0 Å². The van der Waals surface area contributed by atoms with Gasteiger partial charge in [0.25, 0.3) is 0 Å². The van der Waals surface area contributed by atoms with Crippen LogP contribution in [-0.4, -0.2) is 23.8 Å². The third-order valence-electron chi connectivity index (χ3n) is 2.95. The van der Waals surface area contributed by atoms with Crippen LogP contribution < -0.4 is 0 Å². The Hall–Kier alpha value is -0.570. The van der Waals surface area contributed by atoms with Gasteiger partial charge in [0.1, 0.15) is 0 Å². The molecule has 0 aromatic heterocycles. The molecule has 1 rings (SSSR count). The number of hydrogen-bond donors (Lipinski definition) is 1. The van der Waals surface area contributed by atoms with Crippen molar-refractivity contribution in [2.75, 3.05) is 6.61 Å². The van der Waals surface area contributed by atoms with E-state index in [1.54, 1.807) is 0 Å². The van der Waals surface area contributed by atoms with Crippen molar-refractivity contribution in [3.05, 3.63) is 0 Å². The van der Waals surface area contributed by atoms with Crippen LogP contribution in [0.5, 0.6) is 0 Å². The van der Waals surface area contributed by atoms with Gasteiger partial charge < -0.3 is 9.84 Å². The molecule has 1 N–H and O–H groups in total. The molecule has 3 heteroatoms. The van der Waals surface area contributed by atoms with Crippen molar-refractivity contribution in [2.45, 2.75) is 45.6 Å². The van der Waals surface area contributed by atoms with E-state index < -0.39 is 11.4 Å². The number of carbonyl (C=O) groups is 1. The van der Waals surface area contributed by atoms with Crippen molar-refractivity contribution in [3.63, 3.8) is 0 Å². The molecule has 0 spiro atoms. The van der Waals surface area contributed by atoms with E-state index in [0.717, 1.165) is 32.3 Å². The predicted molar refractivity (Wildman–Crippen MR) is 49.6 cm³/mol. The van der Waals surface area contributed by atoms with Gasteiger partial charge in [-0.25, -0.2) is 0 Å². The van der Waals surface area contributed by atoms with Gasteiger partial charge in [-0.2, -0.15) is 0 Å². The Bertz CT molecular complexity index is 181. The Balaban J connectivity index is 2.42. The minimum Gasteiger partial charge on any atom is -0.481 e. The highest BCUT2D eigenvalue weighted by molar-refractivity contribution is 5.74. The molecule has 76 valence electrons. The molecule has 0 heterocycles.